The van der Waals surface area contributed by atoms with Crippen molar-refractivity contribution in [2.45, 2.75) is 18.3 Å². The van der Waals surface area contributed by atoms with Crippen LogP contribution in [-0.2, 0) is 18.3 Å². The molecule has 2 aliphatic rings. The van der Waals surface area contributed by atoms with Crippen LogP contribution >= 0.6 is 0 Å². The fourth-order valence-corrected chi connectivity index (χ4v) is 10.2. The van der Waals surface area contributed by atoms with Gasteiger partial charge in [-0.05, 0) is 123 Å². The predicted octanol–water partition coefficient (Wildman–Crippen LogP) is 14.1. The van der Waals surface area contributed by atoms with Crippen LogP contribution in [0, 0.1) is 0 Å². The van der Waals surface area contributed by atoms with Gasteiger partial charge in [0.25, 0.3) is 0 Å². The third-order valence-corrected chi connectivity index (χ3v) is 12.8. The van der Waals surface area contributed by atoms with Gasteiger partial charge in [-0.25, -0.2) is 0 Å². The molecule has 0 saturated heterocycles. The first-order valence-electron chi connectivity index (χ1n) is 20.0. The molecule has 12 rings (SSSR count). The van der Waals surface area contributed by atoms with Crippen LogP contribution in [0.25, 0.3) is 60.5 Å². The van der Waals surface area contributed by atoms with Gasteiger partial charge in [0.05, 0.1) is 11.0 Å². The van der Waals surface area contributed by atoms with Crippen LogP contribution in [0.5, 0.6) is 0 Å². The molecule has 0 saturated carbocycles. The highest BCUT2D eigenvalue weighted by molar-refractivity contribution is 6.10. The second-order valence-electron chi connectivity index (χ2n) is 15.8. The molecule has 1 spiro atoms. The lowest BCUT2D eigenvalue weighted by molar-refractivity contribution is 0.563. The molecule has 0 amide bonds. The average Bonchev–Trinajstić information content (AvgIpc) is 3.92. The van der Waals surface area contributed by atoms with Gasteiger partial charge < -0.3 is 9.47 Å². The van der Waals surface area contributed by atoms with E-state index in [4.69, 9.17) is 0 Å². The molecule has 9 aromatic carbocycles. The van der Waals surface area contributed by atoms with Gasteiger partial charge in [0, 0.05) is 38.9 Å². The van der Waals surface area contributed by atoms with Gasteiger partial charge in [0.1, 0.15) is 0 Å². The van der Waals surface area contributed by atoms with E-state index in [0.717, 1.165) is 35.6 Å². The zero-order valence-electron chi connectivity index (χ0n) is 31.4. The van der Waals surface area contributed by atoms with Crippen LogP contribution in [0.2, 0.25) is 0 Å². The molecule has 0 unspecified atom stereocenters. The van der Waals surface area contributed by atoms with Gasteiger partial charge in [0.15, 0.2) is 0 Å². The summed E-state index contributed by atoms with van der Waals surface area (Å²) in [4.78, 5) is 2.47. The van der Waals surface area contributed by atoms with Crippen molar-refractivity contribution in [3.8, 4) is 27.9 Å². The Balaban J connectivity index is 1.07. The van der Waals surface area contributed by atoms with E-state index in [-0.39, 0.29) is 5.41 Å². The molecule has 0 bridgehead atoms. The van der Waals surface area contributed by atoms with E-state index in [1.807, 2.05) is 0 Å². The zero-order valence-corrected chi connectivity index (χ0v) is 31.4. The summed E-state index contributed by atoms with van der Waals surface area (Å²) in [5.74, 6) is 0. The molecular weight excluding hydrogens is 689 g/mol. The van der Waals surface area contributed by atoms with E-state index < -0.39 is 0 Å². The summed E-state index contributed by atoms with van der Waals surface area (Å²) in [5.41, 5.74) is 17.9. The molecular formula is C55H38N2. The molecule has 0 atom stereocenters. The van der Waals surface area contributed by atoms with Crippen molar-refractivity contribution in [2.75, 3.05) is 4.90 Å². The lowest BCUT2D eigenvalue weighted by atomic mass is 9.75. The van der Waals surface area contributed by atoms with Crippen LogP contribution < -0.4 is 4.90 Å². The topological polar surface area (TPSA) is 8.17 Å². The van der Waals surface area contributed by atoms with Gasteiger partial charge in [0.2, 0.25) is 0 Å². The van der Waals surface area contributed by atoms with E-state index in [0.29, 0.717) is 0 Å². The highest BCUT2D eigenvalue weighted by Gasteiger charge is 2.47. The number of nitrogens with zero attached hydrogens (tertiary/aromatic N) is 2. The van der Waals surface area contributed by atoms with Crippen LogP contribution in [-0.4, -0.2) is 4.57 Å². The Morgan fingerprint density at radius 2 is 0.982 bits per heavy atom. The van der Waals surface area contributed by atoms with E-state index in [1.54, 1.807) is 0 Å². The Labute approximate surface area is 332 Å². The highest BCUT2D eigenvalue weighted by Crippen LogP contribution is 2.56. The molecule has 0 N–H and O–H groups in total. The lowest BCUT2D eigenvalue weighted by Crippen LogP contribution is -2.26. The minimum Gasteiger partial charge on any atom is -0.310 e. The monoisotopic (exact) mass is 726 g/mol. The zero-order chi connectivity index (χ0) is 37.5. The summed E-state index contributed by atoms with van der Waals surface area (Å²) in [7, 11) is 0. The number of anilines is 3. The number of para-hydroxylation sites is 2. The largest absolute Gasteiger partial charge is 0.310 e. The molecule has 268 valence electrons. The second-order valence-corrected chi connectivity index (χ2v) is 15.8. The van der Waals surface area contributed by atoms with Crippen LogP contribution in [0.1, 0.15) is 22.3 Å². The quantitative estimate of drug-likeness (QED) is 0.171. The maximum Gasteiger partial charge on any atom is 0.0561 e. The van der Waals surface area contributed by atoms with E-state index >= 15 is 0 Å². The number of hydrogen-bond donors (Lipinski definition) is 0. The van der Waals surface area contributed by atoms with Crippen molar-refractivity contribution >= 4 is 49.6 Å². The first-order valence-corrected chi connectivity index (χ1v) is 20.0. The second kappa shape index (κ2) is 12.4. The summed E-state index contributed by atoms with van der Waals surface area (Å²) < 4.78 is 2.42. The molecule has 2 heteroatoms. The predicted molar refractivity (Wildman–Crippen MR) is 238 cm³/mol. The fourth-order valence-electron chi connectivity index (χ4n) is 10.2. The van der Waals surface area contributed by atoms with Crippen molar-refractivity contribution in [3.63, 3.8) is 0 Å². The van der Waals surface area contributed by atoms with Crippen molar-refractivity contribution in [1.82, 2.24) is 4.57 Å². The summed E-state index contributed by atoms with van der Waals surface area (Å²) in [6.07, 6.45) is 2.03. The molecule has 1 aromatic heterocycles. The molecule has 10 aromatic rings. The van der Waals surface area contributed by atoms with Gasteiger partial charge >= 0.3 is 0 Å². The normalized spacial score (nSPS) is 13.6. The minimum absolute atomic E-state index is 0.0980. The fraction of sp³-hybridized carbons (Fsp3) is 0.0545. The first kappa shape index (κ1) is 32.1. The van der Waals surface area contributed by atoms with Crippen molar-refractivity contribution in [1.29, 1.82) is 0 Å². The highest BCUT2D eigenvalue weighted by atomic mass is 15.1. The number of benzene rings is 9. The van der Waals surface area contributed by atoms with Gasteiger partial charge in [-0.1, -0.05) is 152 Å². The first-order chi connectivity index (χ1) is 28.2. The Kier molecular flexibility index (Phi) is 7.00. The van der Waals surface area contributed by atoms with Crippen molar-refractivity contribution < 1.29 is 0 Å². The third kappa shape index (κ3) is 4.84. The summed E-state index contributed by atoms with van der Waals surface area (Å²) >= 11 is 0. The lowest BCUT2D eigenvalue weighted by Gasteiger charge is -2.30. The van der Waals surface area contributed by atoms with Crippen molar-refractivity contribution in [2.24, 2.45) is 0 Å². The molecule has 2 aliphatic carbocycles. The Bertz CT molecular complexity index is 3160. The van der Waals surface area contributed by atoms with Crippen molar-refractivity contribution in [3.05, 3.63) is 229 Å². The Morgan fingerprint density at radius 1 is 0.386 bits per heavy atom. The van der Waals surface area contributed by atoms with Gasteiger partial charge in [-0.15, -0.1) is 0 Å². The Morgan fingerprint density at radius 3 is 1.82 bits per heavy atom. The molecule has 0 radical (unpaired) electrons. The van der Waals surface area contributed by atoms with Crippen LogP contribution in [0.4, 0.5) is 17.1 Å². The maximum atomic E-state index is 2.51. The number of rotatable bonds is 5. The van der Waals surface area contributed by atoms with Gasteiger partial charge in [-0.2, -0.15) is 0 Å². The Hall–Kier alpha value is -7.16. The number of fused-ring (bicyclic) bond motifs is 10. The molecule has 57 heavy (non-hydrogen) atoms. The summed E-state index contributed by atoms with van der Waals surface area (Å²) in [6, 6.07) is 76.5. The smallest absolute Gasteiger partial charge is 0.0561 e. The average molecular weight is 727 g/mol. The standard InChI is InChI=1S/C55H38N2/c1-2-17-41(18-3-1)57-53-24-11-9-21-49(53)50-32-30-44(34-54(50)57)56(42-27-25-38(26-28-42)46-22-12-16-37-13-6-7-19-45(37)46)43-29-31-48-47-20-8-10-23-51(47)55(52(48)33-43)35-39-14-4-5-15-40(39)36-55/h1-34H,35-36H2. The van der Waals surface area contributed by atoms with Crippen LogP contribution in [0.15, 0.2) is 206 Å². The van der Waals surface area contributed by atoms with Gasteiger partial charge in [-0.3, -0.25) is 0 Å². The van der Waals surface area contributed by atoms with E-state index in [9.17, 15) is 0 Å². The van der Waals surface area contributed by atoms with E-state index in [1.165, 1.54) is 77.1 Å². The SMILES string of the molecule is c1ccc(-n2c3ccccc3c3ccc(N(c4ccc(-c5cccc6ccccc56)cc4)c4ccc5c(c4)C4(Cc6ccccc6C4)c4ccccc4-5)cc32)cc1. The number of aromatic nitrogens is 1. The molecule has 2 nitrogen and oxygen atoms in total. The molecule has 0 aliphatic heterocycles. The summed E-state index contributed by atoms with van der Waals surface area (Å²) in [5, 5.41) is 5.03. The number of hydrogen-bond acceptors (Lipinski definition) is 1. The minimum atomic E-state index is -0.0980. The maximum absolute atomic E-state index is 2.51. The van der Waals surface area contributed by atoms with E-state index in [2.05, 4.69) is 216 Å². The molecule has 0 fully saturated rings. The summed E-state index contributed by atoms with van der Waals surface area (Å²) in [6.45, 7) is 0. The van der Waals surface area contributed by atoms with Crippen LogP contribution in [0.3, 0.4) is 0 Å². The third-order valence-electron chi connectivity index (χ3n) is 12.8. The molecule has 1 heterocycles.